The topological polar surface area (TPSA) is 41.6 Å². The van der Waals surface area contributed by atoms with Crippen LogP contribution in [0, 0.1) is 5.92 Å². The van der Waals surface area contributed by atoms with Crippen molar-refractivity contribution < 1.29 is 9.53 Å². The molecule has 0 bridgehead atoms. The van der Waals surface area contributed by atoms with Crippen molar-refractivity contribution in [2.24, 2.45) is 5.92 Å². The van der Waals surface area contributed by atoms with Crippen molar-refractivity contribution in [2.75, 3.05) is 32.8 Å². The monoisotopic (exact) mass is 228 g/mol. The van der Waals surface area contributed by atoms with Crippen molar-refractivity contribution in [3.8, 4) is 0 Å². The van der Waals surface area contributed by atoms with Gasteiger partial charge in [0.05, 0.1) is 6.61 Å². The van der Waals surface area contributed by atoms with Crippen LogP contribution in [0.5, 0.6) is 0 Å². The minimum absolute atomic E-state index is 0.0793. The van der Waals surface area contributed by atoms with Crippen LogP contribution in [0.2, 0.25) is 0 Å². The summed E-state index contributed by atoms with van der Waals surface area (Å²) in [6.07, 6.45) is 3.08. The summed E-state index contributed by atoms with van der Waals surface area (Å²) in [4.78, 5) is 13.8. The molecule has 1 rings (SSSR count). The van der Waals surface area contributed by atoms with Crippen LogP contribution >= 0.6 is 0 Å². The van der Waals surface area contributed by atoms with E-state index in [1.54, 1.807) is 0 Å². The number of nitrogens with zero attached hydrogens (tertiary/aromatic N) is 1. The molecule has 0 spiro atoms. The van der Waals surface area contributed by atoms with Crippen molar-refractivity contribution >= 4 is 6.03 Å². The lowest BCUT2D eigenvalue weighted by Crippen LogP contribution is -2.43. The van der Waals surface area contributed by atoms with Crippen molar-refractivity contribution in [1.29, 1.82) is 0 Å². The number of carbonyl (C=O) groups excluding carboxylic acids is 1. The van der Waals surface area contributed by atoms with Gasteiger partial charge < -0.3 is 15.0 Å². The van der Waals surface area contributed by atoms with Gasteiger partial charge in [0.1, 0.15) is 0 Å². The van der Waals surface area contributed by atoms with Gasteiger partial charge in [-0.2, -0.15) is 0 Å². The van der Waals surface area contributed by atoms with Gasteiger partial charge in [-0.15, -0.1) is 0 Å². The third-order valence-electron chi connectivity index (χ3n) is 2.81. The van der Waals surface area contributed by atoms with Gasteiger partial charge in [0.25, 0.3) is 0 Å². The van der Waals surface area contributed by atoms with Crippen molar-refractivity contribution in [3.63, 3.8) is 0 Å². The van der Waals surface area contributed by atoms with Crippen LogP contribution in [-0.2, 0) is 4.74 Å². The fourth-order valence-electron chi connectivity index (χ4n) is 1.93. The van der Waals surface area contributed by atoms with Crippen LogP contribution in [0.3, 0.4) is 0 Å². The van der Waals surface area contributed by atoms with Crippen molar-refractivity contribution in [1.82, 2.24) is 10.2 Å². The predicted octanol–water partition coefficient (Wildman–Crippen LogP) is 1.85. The number of urea groups is 1. The summed E-state index contributed by atoms with van der Waals surface area (Å²) in [7, 11) is 0. The van der Waals surface area contributed by atoms with Gasteiger partial charge >= 0.3 is 6.03 Å². The SMILES string of the molecule is CCCNC(=O)N(CCC)CC1CCOC1. The fourth-order valence-corrected chi connectivity index (χ4v) is 1.93. The number of nitrogens with one attached hydrogen (secondary N) is 1. The van der Waals surface area contributed by atoms with Gasteiger partial charge in [0.2, 0.25) is 0 Å². The molecule has 0 aromatic carbocycles. The van der Waals surface area contributed by atoms with Gasteiger partial charge in [-0.25, -0.2) is 4.79 Å². The highest BCUT2D eigenvalue weighted by Gasteiger charge is 2.21. The molecule has 94 valence electrons. The maximum atomic E-state index is 11.9. The maximum Gasteiger partial charge on any atom is 0.317 e. The fraction of sp³-hybridized carbons (Fsp3) is 0.917. The molecule has 1 atom stereocenters. The van der Waals surface area contributed by atoms with E-state index in [9.17, 15) is 4.79 Å². The quantitative estimate of drug-likeness (QED) is 0.754. The molecule has 1 saturated heterocycles. The first-order valence-corrected chi connectivity index (χ1v) is 6.38. The molecule has 0 aromatic heterocycles. The van der Waals surface area contributed by atoms with E-state index < -0.39 is 0 Å². The van der Waals surface area contributed by atoms with E-state index in [1.807, 2.05) is 4.90 Å². The Bertz CT molecular complexity index is 203. The van der Waals surface area contributed by atoms with E-state index in [2.05, 4.69) is 19.2 Å². The predicted molar refractivity (Wildman–Crippen MR) is 64.5 cm³/mol. The summed E-state index contributed by atoms with van der Waals surface area (Å²) in [5.41, 5.74) is 0. The molecule has 0 aliphatic carbocycles. The van der Waals surface area contributed by atoms with Crippen LogP contribution in [0.1, 0.15) is 33.1 Å². The van der Waals surface area contributed by atoms with E-state index in [0.717, 1.165) is 52.1 Å². The van der Waals surface area contributed by atoms with Gasteiger partial charge in [-0.05, 0) is 19.3 Å². The van der Waals surface area contributed by atoms with Gasteiger partial charge in [-0.3, -0.25) is 0 Å². The Morgan fingerprint density at radius 3 is 2.81 bits per heavy atom. The average molecular weight is 228 g/mol. The van der Waals surface area contributed by atoms with Gasteiger partial charge in [0.15, 0.2) is 0 Å². The summed E-state index contributed by atoms with van der Waals surface area (Å²) in [6, 6.07) is 0.0793. The number of ether oxygens (including phenoxy) is 1. The lowest BCUT2D eigenvalue weighted by atomic mass is 10.1. The first-order chi connectivity index (χ1) is 7.77. The summed E-state index contributed by atoms with van der Waals surface area (Å²) in [5.74, 6) is 0.527. The van der Waals surface area contributed by atoms with Gasteiger partial charge in [0, 0.05) is 32.2 Å². The zero-order valence-corrected chi connectivity index (χ0v) is 10.5. The molecule has 1 N–H and O–H groups in total. The lowest BCUT2D eigenvalue weighted by molar-refractivity contribution is 0.164. The van der Waals surface area contributed by atoms with E-state index in [-0.39, 0.29) is 6.03 Å². The molecule has 1 unspecified atom stereocenters. The molecule has 1 aliphatic rings. The van der Waals surface area contributed by atoms with Crippen molar-refractivity contribution in [3.05, 3.63) is 0 Å². The standard InChI is InChI=1S/C12H24N2O2/c1-3-6-13-12(15)14(7-4-2)9-11-5-8-16-10-11/h11H,3-10H2,1-2H3,(H,13,15). The maximum absolute atomic E-state index is 11.9. The Morgan fingerprint density at radius 1 is 1.44 bits per heavy atom. The van der Waals surface area contributed by atoms with E-state index >= 15 is 0 Å². The Labute approximate surface area is 98.3 Å². The number of amides is 2. The smallest absolute Gasteiger partial charge is 0.317 e. The molecular weight excluding hydrogens is 204 g/mol. The number of hydrogen-bond donors (Lipinski definition) is 1. The second-order valence-electron chi connectivity index (χ2n) is 4.41. The summed E-state index contributed by atoms with van der Waals surface area (Å²) in [6.45, 7) is 8.26. The molecule has 1 fully saturated rings. The minimum atomic E-state index is 0.0793. The molecular formula is C12H24N2O2. The minimum Gasteiger partial charge on any atom is -0.381 e. The Kier molecular flexibility index (Phi) is 6.23. The largest absolute Gasteiger partial charge is 0.381 e. The van der Waals surface area contributed by atoms with Crippen LogP contribution in [0.4, 0.5) is 4.79 Å². The molecule has 1 aliphatic heterocycles. The second-order valence-corrected chi connectivity index (χ2v) is 4.41. The van der Waals surface area contributed by atoms with Crippen LogP contribution in [-0.4, -0.2) is 43.8 Å². The molecule has 0 aromatic rings. The molecule has 0 saturated carbocycles. The molecule has 0 radical (unpaired) electrons. The number of carbonyl (C=O) groups is 1. The lowest BCUT2D eigenvalue weighted by Gasteiger charge is -2.25. The molecule has 4 heteroatoms. The Hall–Kier alpha value is -0.770. The molecule has 2 amide bonds. The second kappa shape index (κ2) is 7.49. The van der Waals surface area contributed by atoms with Crippen molar-refractivity contribution in [2.45, 2.75) is 33.1 Å². The first kappa shape index (κ1) is 13.3. The normalized spacial score (nSPS) is 19.8. The van der Waals surface area contributed by atoms with Crippen LogP contribution < -0.4 is 5.32 Å². The third-order valence-corrected chi connectivity index (χ3v) is 2.81. The molecule has 4 nitrogen and oxygen atoms in total. The van der Waals surface area contributed by atoms with E-state index in [1.165, 1.54) is 0 Å². The Balaban J connectivity index is 2.35. The van der Waals surface area contributed by atoms with E-state index in [4.69, 9.17) is 4.74 Å². The van der Waals surface area contributed by atoms with E-state index in [0.29, 0.717) is 5.92 Å². The number of rotatable bonds is 6. The highest BCUT2D eigenvalue weighted by atomic mass is 16.5. The molecule has 16 heavy (non-hydrogen) atoms. The zero-order valence-electron chi connectivity index (χ0n) is 10.5. The summed E-state index contributed by atoms with van der Waals surface area (Å²) < 4.78 is 5.34. The Morgan fingerprint density at radius 2 is 2.25 bits per heavy atom. The van der Waals surface area contributed by atoms with Crippen LogP contribution in [0.15, 0.2) is 0 Å². The first-order valence-electron chi connectivity index (χ1n) is 6.38. The highest BCUT2D eigenvalue weighted by Crippen LogP contribution is 2.14. The van der Waals surface area contributed by atoms with Crippen LogP contribution in [0.25, 0.3) is 0 Å². The number of hydrogen-bond acceptors (Lipinski definition) is 2. The molecule has 1 heterocycles. The summed E-state index contributed by atoms with van der Waals surface area (Å²) in [5, 5.41) is 2.94. The van der Waals surface area contributed by atoms with Gasteiger partial charge in [-0.1, -0.05) is 13.8 Å². The summed E-state index contributed by atoms with van der Waals surface area (Å²) >= 11 is 0. The average Bonchev–Trinajstić information content (AvgIpc) is 2.78. The third kappa shape index (κ3) is 4.39. The highest BCUT2D eigenvalue weighted by molar-refractivity contribution is 5.74. The zero-order chi connectivity index (χ0) is 11.8.